The molecule has 11 heteroatoms. The van der Waals surface area contributed by atoms with Crippen molar-refractivity contribution in [2.24, 2.45) is 11.8 Å². The molecule has 1 aliphatic heterocycles. The summed E-state index contributed by atoms with van der Waals surface area (Å²) in [6.07, 6.45) is 3.91. The Morgan fingerprint density at radius 1 is 0.900 bits per heavy atom. The molecule has 1 aliphatic carbocycles. The van der Waals surface area contributed by atoms with E-state index in [2.05, 4.69) is 20.7 Å². The Kier molecular flexibility index (Phi) is 7.63. The molecule has 0 aromatic heterocycles. The van der Waals surface area contributed by atoms with Gasteiger partial charge in [-0.1, -0.05) is 43.0 Å². The van der Waals surface area contributed by atoms with Gasteiger partial charge in [-0.05, 0) is 48.6 Å². The molecule has 5 rings (SSSR count). The first-order valence-corrected chi connectivity index (χ1v) is 13.2. The number of fused-ring (bicyclic) bond motifs is 1. The highest BCUT2D eigenvalue weighted by atomic mass is 35.5. The van der Waals surface area contributed by atoms with Gasteiger partial charge < -0.3 is 20.7 Å². The van der Waals surface area contributed by atoms with Crippen molar-refractivity contribution in [1.82, 2.24) is 0 Å². The van der Waals surface area contributed by atoms with Crippen LogP contribution in [0, 0.1) is 35.1 Å². The standard InChI is InChI=1S/C29H26ClF4N3O3/c1-40-28(39)16-11-21(33)26(22(34)12-16)35-27(38)25(15-5-3-2-4-6-15)29(17-7-9-18(30)10-8-17)36-23-13-19(31)20(32)14-24(23)37-29/h7-15,25,36-37H,2-6H2,1H3,(H,35,38). The highest BCUT2D eigenvalue weighted by molar-refractivity contribution is 6.30. The first kappa shape index (κ1) is 27.8. The number of methoxy groups -OCH3 is 1. The van der Waals surface area contributed by atoms with Crippen molar-refractivity contribution in [3.05, 3.63) is 87.9 Å². The quantitative estimate of drug-likeness (QED) is 0.214. The Hall–Kier alpha value is -3.79. The van der Waals surface area contributed by atoms with Gasteiger partial charge in [0.25, 0.3) is 0 Å². The highest BCUT2D eigenvalue weighted by Crippen LogP contribution is 2.49. The monoisotopic (exact) mass is 575 g/mol. The predicted octanol–water partition coefficient (Wildman–Crippen LogP) is 7.21. The average Bonchev–Trinajstić information content (AvgIpc) is 3.29. The molecule has 0 saturated heterocycles. The van der Waals surface area contributed by atoms with Gasteiger partial charge in [-0.25, -0.2) is 22.4 Å². The maximum atomic E-state index is 15.0. The fraction of sp³-hybridized carbons (Fsp3) is 0.310. The minimum atomic E-state index is -1.45. The van der Waals surface area contributed by atoms with E-state index in [4.69, 9.17) is 11.6 Å². The molecule has 3 aromatic rings. The van der Waals surface area contributed by atoms with Crippen molar-refractivity contribution in [3.8, 4) is 0 Å². The third-order valence-corrected chi connectivity index (χ3v) is 7.86. The largest absolute Gasteiger partial charge is 0.465 e. The van der Waals surface area contributed by atoms with E-state index in [0.717, 1.165) is 50.6 Å². The van der Waals surface area contributed by atoms with Crippen molar-refractivity contribution < 1.29 is 31.9 Å². The minimum Gasteiger partial charge on any atom is -0.465 e. The highest BCUT2D eigenvalue weighted by Gasteiger charge is 2.52. The third-order valence-electron chi connectivity index (χ3n) is 7.61. The summed E-state index contributed by atoms with van der Waals surface area (Å²) in [5.74, 6) is -7.40. The molecule has 3 aromatic carbocycles. The van der Waals surface area contributed by atoms with E-state index in [9.17, 15) is 18.4 Å². The van der Waals surface area contributed by atoms with E-state index in [1.54, 1.807) is 24.3 Å². The summed E-state index contributed by atoms with van der Waals surface area (Å²) >= 11 is 6.14. The molecule has 1 unspecified atom stereocenters. The second-order valence-corrected chi connectivity index (χ2v) is 10.5. The van der Waals surface area contributed by atoms with Crippen LogP contribution in [0.15, 0.2) is 48.5 Å². The van der Waals surface area contributed by atoms with Crippen LogP contribution in [0.3, 0.4) is 0 Å². The lowest BCUT2D eigenvalue weighted by atomic mass is 9.71. The zero-order valence-corrected chi connectivity index (χ0v) is 22.2. The van der Waals surface area contributed by atoms with Crippen molar-refractivity contribution in [3.63, 3.8) is 0 Å². The van der Waals surface area contributed by atoms with Crippen LogP contribution in [0.1, 0.15) is 48.0 Å². The number of rotatable bonds is 6. The van der Waals surface area contributed by atoms with Crippen molar-refractivity contribution >= 4 is 40.5 Å². The van der Waals surface area contributed by atoms with Gasteiger partial charge in [-0.2, -0.15) is 0 Å². The Labute approximate surface area is 233 Å². The van der Waals surface area contributed by atoms with Crippen LogP contribution in [-0.2, 0) is 15.2 Å². The van der Waals surface area contributed by atoms with E-state index in [1.165, 1.54) is 0 Å². The molecule has 40 heavy (non-hydrogen) atoms. The molecule has 1 amide bonds. The second kappa shape index (κ2) is 11.0. The van der Waals surface area contributed by atoms with Crippen molar-refractivity contribution in [1.29, 1.82) is 0 Å². The number of benzene rings is 3. The van der Waals surface area contributed by atoms with Crippen LogP contribution < -0.4 is 16.0 Å². The maximum Gasteiger partial charge on any atom is 0.338 e. The maximum absolute atomic E-state index is 15.0. The molecular weight excluding hydrogens is 550 g/mol. The van der Waals surface area contributed by atoms with E-state index >= 15 is 8.78 Å². The number of esters is 1. The molecule has 2 aliphatic rings. The Morgan fingerprint density at radius 3 is 1.98 bits per heavy atom. The molecule has 6 nitrogen and oxygen atoms in total. The lowest BCUT2D eigenvalue weighted by Gasteiger charge is -2.43. The van der Waals surface area contributed by atoms with Crippen LogP contribution in [-0.4, -0.2) is 19.0 Å². The molecule has 3 N–H and O–H groups in total. The summed E-state index contributed by atoms with van der Waals surface area (Å²) in [6, 6.07) is 10.1. The van der Waals surface area contributed by atoms with Crippen LogP contribution in [0.25, 0.3) is 0 Å². The molecule has 1 heterocycles. The normalized spacial score (nSPS) is 16.9. The molecular formula is C29H26ClF4N3O3. The SMILES string of the molecule is COC(=O)c1cc(F)c(NC(=O)C(C2CCCCC2)C2(c3ccc(Cl)cc3)Nc3cc(F)c(F)cc3N2)c(F)c1. The Morgan fingerprint density at radius 2 is 1.45 bits per heavy atom. The number of nitrogens with one attached hydrogen (secondary N) is 3. The number of halogens is 5. The Balaban J connectivity index is 1.61. The first-order valence-electron chi connectivity index (χ1n) is 12.8. The zero-order chi connectivity index (χ0) is 28.6. The van der Waals surface area contributed by atoms with Gasteiger partial charge in [0.1, 0.15) is 11.4 Å². The van der Waals surface area contributed by atoms with Crippen LogP contribution in [0.4, 0.5) is 34.6 Å². The zero-order valence-electron chi connectivity index (χ0n) is 21.4. The number of ether oxygens (including phenoxy) is 1. The van der Waals surface area contributed by atoms with E-state index in [1.807, 2.05) is 0 Å². The van der Waals surface area contributed by atoms with Gasteiger partial charge in [-0.15, -0.1) is 0 Å². The molecule has 1 saturated carbocycles. The van der Waals surface area contributed by atoms with Crippen LogP contribution in [0.5, 0.6) is 0 Å². The number of hydrogen-bond donors (Lipinski definition) is 3. The number of amides is 1. The van der Waals surface area contributed by atoms with Crippen LogP contribution in [0.2, 0.25) is 5.02 Å². The fourth-order valence-electron chi connectivity index (χ4n) is 5.76. The van der Waals surface area contributed by atoms with Gasteiger partial charge in [0.15, 0.2) is 23.3 Å². The minimum absolute atomic E-state index is 0.224. The van der Waals surface area contributed by atoms with E-state index in [0.29, 0.717) is 23.4 Å². The molecule has 0 spiro atoms. The fourth-order valence-corrected chi connectivity index (χ4v) is 5.89. The number of hydrogen-bond acceptors (Lipinski definition) is 5. The summed E-state index contributed by atoms with van der Waals surface area (Å²) < 4.78 is 63.0. The summed E-state index contributed by atoms with van der Waals surface area (Å²) in [6.45, 7) is 0. The topological polar surface area (TPSA) is 79.5 Å². The van der Waals surface area contributed by atoms with Crippen molar-refractivity contribution in [2.75, 3.05) is 23.1 Å². The molecule has 0 radical (unpaired) electrons. The smallest absolute Gasteiger partial charge is 0.338 e. The molecule has 1 fully saturated rings. The Bertz CT molecular complexity index is 1410. The number of carbonyl (C=O) groups excluding carboxylic acids is 2. The lowest BCUT2D eigenvalue weighted by Crippen LogP contribution is -2.54. The summed E-state index contributed by atoms with van der Waals surface area (Å²) in [7, 11) is 1.08. The van der Waals surface area contributed by atoms with E-state index in [-0.39, 0.29) is 22.9 Å². The molecule has 210 valence electrons. The third kappa shape index (κ3) is 5.08. The van der Waals surface area contributed by atoms with E-state index < -0.39 is 52.4 Å². The second-order valence-electron chi connectivity index (χ2n) is 10.0. The number of carbonyl (C=O) groups is 2. The summed E-state index contributed by atoms with van der Waals surface area (Å²) in [4.78, 5) is 25.9. The van der Waals surface area contributed by atoms with Gasteiger partial charge in [0, 0.05) is 17.2 Å². The first-order chi connectivity index (χ1) is 19.1. The lowest BCUT2D eigenvalue weighted by molar-refractivity contribution is -0.124. The van der Waals surface area contributed by atoms with Crippen LogP contribution >= 0.6 is 11.6 Å². The summed E-state index contributed by atoms with van der Waals surface area (Å²) in [5.41, 5.74) is -1.54. The van der Waals surface area contributed by atoms with Gasteiger partial charge >= 0.3 is 5.97 Å². The number of anilines is 3. The van der Waals surface area contributed by atoms with Gasteiger partial charge in [0.2, 0.25) is 5.91 Å². The van der Waals surface area contributed by atoms with Gasteiger partial charge in [0.05, 0.1) is 30.0 Å². The van der Waals surface area contributed by atoms with Gasteiger partial charge in [-0.3, -0.25) is 4.79 Å². The van der Waals surface area contributed by atoms with Crippen molar-refractivity contribution in [2.45, 2.75) is 37.8 Å². The molecule has 1 atom stereocenters. The molecule has 0 bridgehead atoms. The summed E-state index contributed by atoms with van der Waals surface area (Å²) in [5, 5.41) is 9.24. The predicted molar refractivity (Wildman–Crippen MR) is 143 cm³/mol. The average molecular weight is 576 g/mol.